The Morgan fingerprint density at radius 3 is 2.93 bits per heavy atom. The summed E-state index contributed by atoms with van der Waals surface area (Å²) in [6.45, 7) is 4.37. The van der Waals surface area contributed by atoms with Crippen molar-refractivity contribution in [2.45, 2.75) is 38.0 Å². The first-order valence-electron chi connectivity index (χ1n) is 5.35. The van der Waals surface area contributed by atoms with E-state index in [1.54, 1.807) is 7.11 Å². The van der Waals surface area contributed by atoms with Crippen LogP contribution in [0, 0.1) is 0 Å². The molecular weight excluding hydrogens is 180 g/mol. The minimum Gasteiger partial charge on any atom is -0.380 e. The monoisotopic (exact) mass is 202 g/mol. The van der Waals surface area contributed by atoms with Gasteiger partial charge in [0.15, 0.2) is 0 Å². The van der Waals surface area contributed by atoms with Crippen molar-refractivity contribution in [1.29, 1.82) is 0 Å². The van der Waals surface area contributed by atoms with Gasteiger partial charge in [-0.1, -0.05) is 0 Å². The van der Waals surface area contributed by atoms with E-state index in [1.165, 1.54) is 0 Å². The van der Waals surface area contributed by atoms with Crippen molar-refractivity contribution in [1.82, 2.24) is 5.32 Å². The van der Waals surface area contributed by atoms with Gasteiger partial charge in [0.1, 0.15) is 0 Å². The Bertz CT molecular complexity index is 149. The smallest absolute Gasteiger partial charge is 0.0741 e. The lowest BCUT2D eigenvalue weighted by molar-refractivity contribution is 0.0678. The number of methoxy groups -OCH3 is 1. The van der Waals surface area contributed by atoms with E-state index in [4.69, 9.17) is 15.2 Å². The average molecular weight is 202 g/mol. The maximum Gasteiger partial charge on any atom is 0.0741 e. The second kappa shape index (κ2) is 6.35. The molecule has 1 saturated heterocycles. The lowest BCUT2D eigenvalue weighted by atomic mass is 10.1. The summed E-state index contributed by atoms with van der Waals surface area (Å²) < 4.78 is 10.8. The first-order valence-corrected chi connectivity index (χ1v) is 5.35. The second-order valence-corrected chi connectivity index (χ2v) is 3.85. The summed E-state index contributed by atoms with van der Waals surface area (Å²) in [6, 6.07) is 0.273. The summed E-state index contributed by atoms with van der Waals surface area (Å²) in [5.41, 5.74) is 5.70. The van der Waals surface area contributed by atoms with E-state index < -0.39 is 0 Å². The van der Waals surface area contributed by atoms with Gasteiger partial charge in [-0.25, -0.2) is 0 Å². The van der Waals surface area contributed by atoms with Crippen molar-refractivity contribution >= 4 is 0 Å². The number of nitrogens with two attached hydrogens (primary N) is 1. The van der Waals surface area contributed by atoms with Crippen molar-refractivity contribution in [3.05, 3.63) is 0 Å². The predicted octanol–water partition coefficient (Wildman–Crippen LogP) is 0.117. The summed E-state index contributed by atoms with van der Waals surface area (Å²) in [5, 5.41) is 3.39. The molecule has 0 aromatic carbocycles. The van der Waals surface area contributed by atoms with Crippen LogP contribution in [0.2, 0.25) is 0 Å². The van der Waals surface area contributed by atoms with E-state index in [-0.39, 0.29) is 12.1 Å². The van der Waals surface area contributed by atoms with E-state index in [2.05, 4.69) is 5.32 Å². The van der Waals surface area contributed by atoms with Crippen molar-refractivity contribution < 1.29 is 9.47 Å². The summed E-state index contributed by atoms with van der Waals surface area (Å²) in [7, 11) is 1.72. The molecule has 1 aliphatic rings. The van der Waals surface area contributed by atoms with Crippen molar-refractivity contribution in [3.63, 3.8) is 0 Å². The number of hydrogen-bond acceptors (Lipinski definition) is 4. The highest BCUT2D eigenvalue weighted by Gasteiger charge is 2.24. The van der Waals surface area contributed by atoms with Gasteiger partial charge in [0, 0.05) is 32.8 Å². The molecule has 0 bridgehead atoms. The van der Waals surface area contributed by atoms with E-state index >= 15 is 0 Å². The van der Waals surface area contributed by atoms with Gasteiger partial charge in [0.25, 0.3) is 0 Å². The van der Waals surface area contributed by atoms with Crippen molar-refractivity contribution in [2.75, 3.05) is 26.8 Å². The molecule has 0 aliphatic carbocycles. The molecule has 1 aliphatic heterocycles. The molecule has 14 heavy (non-hydrogen) atoms. The molecule has 1 fully saturated rings. The van der Waals surface area contributed by atoms with Gasteiger partial charge >= 0.3 is 0 Å². The van der Waals surface area contributed by atoms with Crippen LogP contribution in [0.5, 0.6) is 0 Å². The Labute approximate surface area is 86.1 Å². The molecule has 3 atom stereocenters. The van der Waals surface area contributed by atoms with Crippen LogP contribution in [0.4, 0.5) is 0 Å². The summed E-state index contributed by atoms with van der Waals surface area (Å²) in [5.74, 6) is 0. The van der Waals surface area contributed by atoms with Crippen LogP contribution in [-0.2, 0) is 9.47 Å². The van der Waals surface area contributed by atoms with Gasteiger partial charge in [-0.3, -0.25) is 0 Å². The first kappa shape index (κ1) is 11.9. The zero-order valence-corrected chi connectivity index (χ0v) is 9.16. The molecule has 1 heterocycles. The Morgan fingerprint density at radius 1 is 1.64 bits per heavy atom. The third-order valence-corrected chi connectivity index (χ3v) is 2.74. The van der Waals surface area contributed by atoms with Crippen LogP contribution in [0.3, 0.4) is 0 Å². The second-order valence-electron chi connectivity index (χ2n) is 3.85. The van der Waals surface area contributed by atoms with E-state index in [0.29, 0.717) is 12.6 Å². The van der Waals surface area contributed by atoms with Crippen LogP contribution in [0.15, 0.2) is 0 Å². The van der Waals surface area contributed by atoms with E-state index in [1.807, 2.05) is 6.92 Å². The summed E-state index contributed by atoms with van der Waals surface area (Å²) >= 11 is 0. The van der Waals surface area contributed by atoms with Crippen LogP contribution in [0.1, 0.15) is 19.8 Å². The normalized spacial score (nSPS) is 26.4. The summed E-state index contributed by atoms with van der Waals surface area (Å²) in [6.07, 6.45) is 2.80. The molecule has 4 heteroatoms. The third kappa shape index (κ3) is 3.53. The molecule has 0 saturated carbocycles. The van der Waals surface area contributed by atoms with Gasteiger partial charge < -0.3 is 20.5 Å². The molecule has 3 unspecified atom stereocenters. The van der Waals surface area contributed by atoms with Gasteiger partial charge in [0.05, 0.1) is 12.2 Å². The highest BCUT2D eigenvalue weighted by Crippen LogP contribution is 2.15. The molecule has 1 rings (SSSR count). The van der Waals surface area contributed by atoms with Crippen LogP contribution in [-0.4, -0.2) is 45.1 Å². The largest absolute Gasteiger partial charge is 0.380 e. The van der Waals surface area contributed by atoms with Crippen LogP contribution >= 0.6 is 0 Å². The molecule has 0 aromatic rings. The topological polar surface area (TPSA) is 56.5 Å². The van der Waals surface area contributed by atoms with Crippen LogP contribution in [0.25, 0.3) is 0 Å². The number of rotatable bonds is 6. The number of ether oxygens (including phenoxy) is 2. The fourth-order valence-electron chi connectivity index (χ4n) is 1.69. The van der Waals surface area contributed by atoms with Gasteiger partial charge in [-0.15, -0.1) is 0 Å². The lowest BCUT2D eigenvalue weighted by Crippen LogP contribution is -2.47. The fraction of sp³-hybridized carbons (Fsp3) is 1.00. The zero-order valence-electron chi connectivity index (χ0n) is 9.16. The molecule has 3 N–H and O–H groups in total. The minimum absolute atomic E-state index is 0.227. The van der Waals surface area contributed by atoms with Gasteiger partial charge in [-0.05, 0) is 19.8 Å². The maximum absolute atomic E-state index is 5.70. The highest BCUT2D eigenvalue weighted by atomic mass is 16.5. The third-order valence-electron chi connectivity index (χ3n) is 2.74. The molecule has 0 amide bonds. The molecule has 0 aromatic heterocycles. The van der Waals surface area contributed by atoms with Crippen LogP contribution < -0.4 is 11.1 Å². The number of hydrogen-bond donors (Lipinski definition) is 2. The molecular formula is C10H22N2O2. The summed E-state index contributed by atoms with van der Waals surface area (Å²) in [4.78, 5) is 0. The molecule has 0 radical (unpaired) electrons. The Balaban J connectivity index is 2.23. The van der Waals surface area contributed by atoms with Crippen molar-refractivity contribution in [2.24, 2.45) is 5.73 Å². The standard InChI is InChI=1S/C10H22N2O2/c1-8(13-2)7-12-9(6-11)10-4-3-5-14-10/h8-10,12H,3-7,11H2,1-2H3. The Morgan fingerprint density at radius 2 is 2.43 bits per heavy atom. The van der Waals surface area contributed by atoms with E-state index in [0.717, 1.165) is 26.0 Å². The zero-order chi connectivity index (χ0) is 10.4. The fourth-order valence-corrected chi connectivity index (χ4v) is 1.69. The Hall–Kier alpha value is -0.160. The average Bonchev–Trinajstić information content (AvgIpc) is 2.72. The quantitative estimate of drug-likeness (QED) is 0.642. The van der Waals surface area contributed by atoms with Gasteiger partial charge in [-0.2, -0.15) is 0 Å². The van der Waals surface area contributed by atoms with Crippen molar-refractivity contribution in [3.8, 4) is 0 Å². The maximum atomic E-state index is 5.70. The highest BCUT2D eigenvalue weighted by molar-refractivity contribution is 4.81. The predicted molar refractivity (Wildman–Crippen MR) is 56.3 cm³/mol. The Kier molecular flexibility index (Phi) is 5.40. The number of nitrogens with one attached hydrogen (secondary N) is 1. The molecule has 84 valence electrons. The lowest BCUT2D eigenvalue weighted by Gasteiger charge is -2.24. The first-order chi connectivity index (χ1) is 6.77. The SMILES string of the molecule is COC(C)CNC(CN)C1CCCO1. The molecule has 0 spiro atoms. The minimum atomic E-state index is 0.227. The molecule has 4 nitrogen and oxygen atoms in total. The van der Waals surface area contributed by atoms with Gasteiger partial charge in [0.2, 0.25) is 0 Å². The van der Waals surface area contributed by atoms with E-state index in [9.17, 15) is 0 Å².